The van der Waals surface area contributed by atoms with Crippen LogP contribution in [0.25, 0.3) is 0 Å². The van der Waals surface area contributed by atoms with E-state index in [1.54, 1.807) is 14.2 Å². The molecule has 0 amide bonds. The van der Waals surface area contributed by atoms with Gasteiger partial charge in [-0.05, 0) is 18.8 Å². The van der Waals surface area contributed by atoms with Crippen molar-refractivity contribution in [2.45, 2.75) is 30.6 Å². The lowest BCUT2D eigenvalue weighted by Crippen LogP contribution is -2.50. The standard InChI is InChI=1S/C12H21N3O2/c1-16-10-5-15(6-11(10)17-2)8-12(14,7-13)9-3-4-9/h9-11H,3-6,8,14H2,1-2H3. The van der Waals surface area contributed by atoms with Gasteiger partial charge in [-0.15, -0.1) is 0 Å². The molecule has 1 saturated heterocycles. The van der Waals surface area contributed by atoms with Crippen molar-refractivity contribution < 1.29 is 9.47 Å². The van der Waals surface area contributed by atoms with Crippen LogP contribution in [-0.4, -0.2) is 56.5 Å². The summed E-state index contributed by atoms with van der Waals surface area (Å²) in [5, 5.41) is 9.24. The molecule has 0 bridgehead atoms. The van der Waals surface area contributed by atoms with Gasteiger partial charge in [-0.3, -0.25) is 4.90 Å². The molecule has 17 heavy (non-hydrogen) atoms. The molecule has 96 valence electrons. The monoisotopic (exact) mass is 239 g/mol. The zero-order valence-electron chi connectivity index (χ0n) is 10.6. The highest BCUT2D eigenvalue weighted by Crippen LogP contribution is 2.38. The fourth-order valence-corrected chi connectivity index (χ4v) is 2.62. The highest BCUT2D eigenvalue weighted by atomic mass is 16.5. The number of hydrogen-bond donors (Lipinski definition) is 1. The summed E-state index contributed by atoms with van der Waals surface area (Å²) in [5.74, 6) is 0.370. The van der Waals surface area contributed by atoms with E-state index >= 15 is 0 Å². The smallest absolute Gasteiger partial charge is 0.119 e. The van der Waals surface area contributed by atoms with Crippen molar-refractivity contribution >= 4 is 0 Å². The summed E-state index contributed by atoms with van der Waals surface area (Å²) in [6, 6.07) is 2.29. The minimum atomic E-state index is -0.694. The van der Waals surface area contributed by atoms with Crippen molar-refractivity contribution in [3.05, 3.63) is 0 Å². The molecule has 2 fully saturated rings. The lowest BCUT2D eigenvalue weighted by molar-refractivity contribution is -0.00461. The molecule has 1 aliphatic carbocycles. The molecular weight excluding hydrogens is 218 g/mol. The summed E-state index contributed by atoms with van der Waals surface area (Å²) >= 11 is 0. The van der Waals surface area contributed by atoms with Crippen LogP contribution in [0.3, 0.4) is 0 Å². The molecule has 0 spiro atoms. The third-order valence-corrected chi connectivity index (χ3v) is 3.90. The molecule has 2 N–H and O–H groups in total. The van der Waals surface area contributed by atoms with Gasteiger partial charge in [0.05, 0.1) is 18.3 Å². The van der Waals surface area contributed by atoms with Crippen LogP contribution in [0.5, 0.6) is 0 Å². The minimum Gasteiger partial charge on any atom is -0.377 e. The van der Waals surface area contributed by atoms with E-state index in [0.717, 1.165) is 25.9 Å². The Morgan fingerprint density at radius 3 is 2.18 bits per heavy atom. The lowest BCUT2D eigenvalue weighted by Gasteiger charge is -2.27. The third kappa shape index (κ3) is 2.61. The van der Waals surface area contributed by atoms with E-state index in [2.05, 4.69) is 11.0 Å². The van der Waals surface area contributed by atoms with Gasteiger partial charge < -0.3 is 15.2 Å². The highest BCUT2D eigenvalue weighted by molar-refractivity contribution is 5.15. The van der Waals surface area contributed by atoms with Crippen molar-refractivity contribution in [1.82, 2.24) is 4.90 Å². The van der Waals surface area contributed by atoms with Crippen LogP contribution in [0.4, 0.5) is 0 Å². The Bertz CT molecular complexity index is 301. The number of likely N-dealkylation sites (tertiary alicyclic amines) is 1. The fourth-order valence-electron chi connectivity index (χ4n) is 2.62. The summed E-state index contributed by atoms with van der Waals surface area (Å²) in [4.78, 5) is 2.18. The van der Waals surface area contributed by atoms with E-state index in [0.29, 0.717) is 12.5 Å². The molecule has 3 atom stereocenters. The summed E-state index contributed by atoms with van der Waals surface area (Å²) < 4.78 is 10.8. The molecule has 0 radical (unpaired) electrons. The topological polar surface area (TPSA) is 71.5 Å². The van der Waals surface area contributed by atoms with Crippen molar-refractivity contribution in [1.29, 1.82) is 5.26 Å². The van der Waals surface area contributed by atoms with E-state index in [1.165, 1.54) is 0 Å². The van der Waals surface area contributed by atoms with E-state index in [-0.39, 0.29) is 12.2 Å². The molecule has 2 aliphatic rings. The van der Waals surface area contributed by atoms with E-state index < -0.39 is 5.54 Å². The molecule has 0 aromatic rings. The number of methoxy groups -OCH3 is 2. The third-order valence-electron chi connectivity index (χ3n) is 3.90. The maximum Gasteiger partial charge on any atom is 0.119 e. The van der Waals surface area contributed by atoms with E-state index in [4.69, 9.17) is 15.2 Å². The number of hydrogen-bond acceptors (Lipinski definition) is 5. The second kappa shape index (κ2) is 4.91. The molecule has 3 unspecified atom stereocenters. The van der Waals surface area contributed by atoms with Gasteiger partial charge in [-0.25, -0.2) is 0 Å². The van der Waals surface area contributed by atoms with Gasteiger partial charge in [0.15, 0.2) is 0 Å². The Balaban J connectivity index is 1.94. The first-order valence-electron chi connectivity index (χ1n) is 6.11. The average Bonchev–Trinajstić information content (AvgIpc) is 3.12. The number of nitriles is 1. The Kier molecular flexibility index (Phi) is 3.69. The summed E-state index contributed by atoms with van der Waals surface area (Å²) in [6.07, 6.45) is 2.34. The van der Waals surface area contributed by atoms with Crippen LogP contribution in [0.2, 0.25) is 0 Å². The molecule has 2 rings (SSSR count). The highest BCUT2D eigenvalue weighted by Gasteiger charge is 2.45. The minimum absolute atomic E-state index is 0.0853. The Morgan fingerprint density at radius 1 is 1.29 bits per heavy atom. The Labute approximate surface area is 102 Å². The number of ether oxygens (including phenoxy) is 2. The zero-order valence-corrected chi connectivity index (χ0v) is 10.6. The maximum atomic E-state index is 9.24. The van der Waals surface area contributed by atoms with Gasteiger partial charge in [-0.2, -0.15) is 5.26 Å². The van der Waals surface area contributed by atoms with Crippen molar-refractivity contribution in [2.24, 2.45) is 11.7 Å². The predicted molar refractivity (Wildman–Crippen MR) is 63.3 cm³/mol. The van der Waals surface area contributed by atoms with Crippen LogP contribution in [0.15, 0.2) is 0 Å². The maximum absolute atomic E-state index is 9.24. The molecule has 1 heterocycles. The summed E-state index contributed by atoms with van der Waals surface area (Å²) in [5.41, 5.74) is 5.48. The largest absolute Gasteiger partial charge is 0.377 e. The van der Waals surface area contributed by atoms with Crippen LogP contribution in [-0.2, 0) is 9.47 Å². The molecule has 1 saturated carbocycles. The normalized spacial score (nSPS) is 33.3. The molecule has 0 aromatic carbocycles. The van der Waals surface area contributed by atoms with Gasteiger partial charge in [0.25, 0.3) is 0 Å². The second-order valence-electron chi connectivity index (χ2n) is 5.17. The van der Waals surface area contributed by atoms with Crippen molar-refractivity contribution in [2.75, 3.05) is 33.9 Å². The van der Waals surface area contributed by atoms with E-state index in [1.807, 2.05) is 0 Å². The fraction of sp³-hybridized carbons (Fsp3) is 0.917. The second-order valence-corrected chi connectivity index (χ2v) is 5.17. The molecule has 0 aromatic heterocycles. The molecule has 5 nitrogen and oxygen atoms in total. The van der Waals surface area contributed by atoms with Gasteiger partial charge in [0.1, 0.15) is 5.54 Å². The SMILES string of the molecule is COC1CN(CC(N)(C#N)C2CC2)CC1OC. The van der Waals surface area contributed by atoms with Gasteiger partial charge in [-0.1, -0.05) is 0 Å². The first-order chi connectivity index (χ1) is 8.12. The van der Waals surface area contributed by atoms with E-state index in [9.17, 15) is 5.26 Å². The molecule has 5 heteroatoms. The number of nitrogens with zero attached hydrogens (tertiary/aromatic N) is 2. The van der Waals surface area contributed by atoms with Crippen LogP contribution >= 0.6 is 0 Å². The lowest BCUT2D eigenvalue weighted by atomic mass is 9.96. The Hall–Kier alpha value is -0.670. The molecular formula is C12H21N3O2. The van der Waals surface area contributed by atoms with Crippen LogP contribution < -0.4 is 5.73 Å². The first kappa shape index (κ1) is 12.8. The zero-order chi connectivity index (χ0) is 12.5. The Morgan fingerprint density at radius 2 is 1.82 bits per heavy atom. The van der Waals surface area contributed by atoms with Gasteiger partial charge >= 0.3 is 0 Å². The number of nitrogens with two attached hydrogens (primary N) is 1. The summed E-state index contributed by atoms with van der Waals surface area (Å²) in [6.45, 7) is 2.21. The van der Waals surface area contributed by atoms with Crippen LogP contribution in [0, 0.1) is 17.2 Å². The van der Waals surface area contributed by atoms with Gasteiger partial charge in [0.2, 0.25) is 0 Å². The molecule has 1 aliphatic heterocycles. The average molecular weight is 239 g/mol. The van der Waals surface area contributed by atoms with Crippen LogP contribution in [0.1, 0.15) is 12.8 Å². The van der Waals surface area contributed by atoms with Crippen molar-refractivity contribution in [3.63, 3.8) is 0 Å². The quantitative estimate of drug-likeness (QED) is 0.729. The first-order valence-corrected chi connectivity index (χ1v) is 6.11. The van der Waals surface area contributed by atoms with Crippen molar-refractivity contribution in [3.8, 4) is 6.07 Å². The predicted octanol–water partition coefficient (Wildman–Crippen LogP) is -0.0369. The number of rotatable bonds is 5. The summed E-state index contributed by atoms with van der Waals surface area (Å²) in [7, 11) is 3.39. The van der Waals surface area contributed by atoms with Gasteiger partial charge in [0, 0.05) is 33.9 Å².